The number of aromatic nitrogens is 1. The quantitative estimate of drug-likeness (QED) is 0.821. The van der Waals surface area contributed by atoms with E-state index >= 15 is 0 Å². The van der Waals surface area contributed by atoms with E-state index in [0.29, 0.717) is 25.4 Å². The third kappa shape index (κ3) is 5.18. The molecule has 23 heavy (non-hydrogen) atoms. The minimum Gasteiger partial charge on any atom is -0.496 e. The number of amides is 2. The maximum absolute atomic E-state index is 11.8. The molecule has 6 nitrogen and oxygen atoms in total. The highest BCUT2D eigenvalue weighted by Gasteiger charge is 2.04. The zero-order chi connectivity index (χ0) is 16.5. The first kappa shape index (κ1) is 16.6. The topological polar surface area (TPSA) is 72.5 Å². The number of para-hydroxylation sites is 1. The van der Waals surface area contributed by atoms with Crippen LogP contribution in [0.1, 0.15) is 11.1 Å². The first-order valence-electron chi connectivity index (χ1n) is 7.35. The van der Waals surface area contributed by atoms with E-state index < -0.39 is 0 Å². The Morgan fingerprint density at radius 2 is 1.96 bits per heavy atom. The molecule has 0 bridgehead atoms. The monoisotopic (exact) mass is 315 g/mol. The van der Waals surface area contributed by atoms with Gasteiger partial charge in [-0.3, -0.25) is 0 Å². The van der Waals surface area contributed by atoms with Crippen LogP contribution in [0.5, 0.6) is 11.6 Å². The van der Waals surface area contributed by atoms with Crippen molar-refractivity contribution in [2.75, 3.05) is 20.8 Å². The van der Waals surface area contributed by atoms with E-state index in [2.05, 4.69) is 15.6 Å². The van der Waals surface area contributed by atoms with Crippen molar-refractivity contribution in [2.24, 2.45) is 0 Å². The molecule has 0 unspecified atom stereocenters. The predicted molar refractivity (Wildman–Crippen MR) is 87.7 cm³/mol. The smallest absolute Gasteiger partial charge is 0.315 e. The lowest BCUT2D eigenvalue weighted by Crippen LogP contribution is -2.36. The highest BCUT2D eigenvalue weighted by atomic mass is 16.5. The maximum Gasteiger partial charge on any atom is 0.315 e. The second kappa shape index (κ2) is 8.63. The van der Waals surface area contributed by atoms with Crippen LogP contribution in [0.15, 0.2) is 42.6 Å². The summed E-state index contributed by atoms with van der Waals surface area (Å²) in [6, 6.07) is 11.2. The molecule has 0 saturated carbocycles. The van der Waals surface area contributed by atoms with Crippen LogP contribution in [0.3, 0.4) is 0 Å². The van der Waals surface area contributed by atoms with Crippen molar-refractivity contribution in [3.05, 3.63) is 53.7 Å². The minimum absolute atomic E-state index is 0.212. The van der Waals surface area contributed by atoms with Crippen molar-refractivity contribution < 1.29 is 14.3 Å². The third-order valence-electron chi connectivity index (χ3n) is 3.33. The van der Waals surface area contributed by atoms with Crippen LogP contribution in [0.4, 0.5) is 4.79 Å². The maximum atomic E-state index is 11.8. The number of hydrogen-bond donors (Lipinski definition) is 2. The van der Waals surface area contributed by atoms with E-state index in [1.807, 2.05) is 30.3 Å². The first-order chi connectivity index (χ1) is 11.2. The van der Waals surface area contributed by atoms with Gasteiger partial charge in [0.1, 0.15) is 5.75 Å². The summed E-state index contributed by atoms with van der Waals surface area (Å²) < 4.78 is 10.3. The number of carbonyl (C=O) groups is 1. The Kier molecular flexibility index (Phi) is 6.23. The Bertz CT molecular complexity index is 646. The molecule has 0 radical (unpaired) electrons. The number of nitrogens with one attached hydrogen (secondary N) is 2. The molecule has 2 amide bonds. The molecule has 122 valence electrons. The molecule has 6 heteroatoms. The van der Waals surface area contributed by atoms with Crippen LogP contribution in [-0.4, -0.2) is 31.8 Å². The lowest BCUT2D eigenvalue weighted by molar-refractivity contribution is 0.240. The lowest BCUT2D eigenvalue weighted by atomic mass is 10.1. The number of rotatable bonds is 7. The summed E-state index contributed by atoms with van der Waals surface area (Å²) in [6.45, 7) is 0.950. The summed E-state index contributed by atoms with van der Waals surface area (Å²) in [7, 11) is 3.20. The summed E-state index contributed by atoms with van der Waals surface area (Å²) in [4.78, 5) is 15.8. The van der Waals surface area contributed by atoms with Crippen molar-refractivity contribution in [1.29, 1.82) is 0 Å². The largest absolute Gasteiger partial charge is 0.496 e. The standard InChI is InChI=1S/C17H21N3O3/c1-22-15-6-4-3-5-14(15)8-10-19-17(21)20-12-13-7-9-18-16(11-13)23-2/h3-7,9,11H,8,10,12H2,1-2H3,(H2,19,20,21). The molecule has 1 aromatic heterocycles. The summed E-state index contributed by atoms with van der Waals surface area (Å²) >= 11 is 0. The van der Waals surface area contributed by atoms with Gasteiger partial charge >= 0.3 is 6.03 Å². The highest BCUT2D eigenvalue weighted by Crippen LogP contribution is 2.17. The second-order valence-corrected chi connectivity index (χ2v) is 4.88. The molecule has 0 atom stereocenters. The summed E-state index contributed by atoms with van der Waals surface area (Å²) in [6.07, 6.45) is 2.36. The van der Waals surface area contributed by atoms with E-state index in [1.165, 1.54) is 0 Å². The number of hydrogen-bond acceptors (Lipinski definition) is 4. The molecule has 0 aliphatic rings. The van der Waals surface area contributed by atoms with Crippen molar-refractivity contribution in [3.63, 3.8) is 0 Å². The minimum atomic E-state index is -0.212. The average Bonchev–Trinajstić information content (AvgIpc) is 2.60. The zero-order valence-electron chi connectivity index (χ0n) is 13.3. The zero-order valence-corrected chi connectivity index (χ0v) is 13.3. The Balaban J connectivity index is 1.74. The fourth-order valence-corrected chi connectivity index (χ4v) is 2.14. The number of nitrogens with zero attached hydrogens (tertiary/aromatic N) is 1. The van der Waals surface area contributed by atoms with E-state index in [-0.39, 0.29) is 6.03 Å². The summed E-state index contributed by atoms with van der Waals surface area (Å²) in [5, 5.41) is 5.63. The van der Waals surface area contributed by atoms with Crippen molar-refractivity contribution in [3.8, 4) is 11.6 Å². The lowest BCUT2D eigenvalue weighted by Gasteiger charge is -2.10. The van der Waals surface area contributed by atoms with E-state index in [9.17, 15) is 4.79 Å². The van der Waals surface area contributed by atoms with Gasteiger partial charge in [-0.25, -0.2) is 9.78 Å². The average molecular weight is 315 g/mol. The number of urea groups is 1. The van der Waals surface area contributed by atoms with Crippen LogP contribution in [0, 0.1) is 0 Å². The van der Waals surface area contributed by atoms with E-state index in [0.717, 1.165) is 16.9 Å². The van der Waals surface area contributed by atoms with Gasteiger partial charge in [0, 0.05) is 25.4 Å². The van der Waals surface area contributed by atoms with Crippen LogP contribution >= 0.6 is 0 Å². The van der Waals surface area contributed by atoms with Gasteiger partial charge < -0.3 is 20.1 Å². The Labute approximate surface area is 135 Å². The molecule has 0 aliphatic heterocycles. The molecule has 2 rings (SSSR count). The van der Waals surface area contributed by atoms with Crippen LogP contribution in [-0.2, 0) is 13.0 Å². The number of benzene rings is 1. The van der Waals surface area contributed by atoms with Gasteiger partial charge in [-0.1, -0.05) is 18.2 Å². The van der Waals surface area contributed by atoms with Gasteiger partial charge in [0.15, 0.2) is 0 Å². The van der Waals surface area contributed by atoms with Gasteiger partial charge in [0.25, 0.3) is 0 Å². The molecular weight excluding hydrogens is 294 g/mol. The van der Waals surface area contributed by atoms with Crippen LogP contribution < -0.4 is 20.1 Å². The van der Waals surface area contributed by atoms with E-state index in [1.54, 1.807) is 26.5 Å². The highest BCUT2D eigenvalue weighted by molar-refractivity contribution is 5.73. The molecule has 0 fully saturated rings. The van der Waals surface area contributed by atoms with Crippen molar-refractivity contribution in [2.45, 2.75) is 13.0 Å². The Morgan fingerprint density at radius 3 is 2.74 bits per heavy atom. The Hall–Kier alpha value is -2.76. The number of ether oxygens (including phenoxy) is 2. The van der Waals surface area contributed by atoms with Crippen molar-refractivity contribution in [1.82, 2.24) is 15.6 Å². The number of carbonyl (C=O) groups excluding carboxylic acids is 1. The predicted octanol–water partition coefficient (Wildman–Crippen LogP) is 2.14. The van der Waals surface area contributed by atoms with E-state index in [4.69, 9.17) is 9.47 Å². The third-order valence-corrected chi connectivity index (χ3v) is 3.33. The molecule has 0 saturated heterocycles. The first-order valence-corrected chi connectivity index (χ1v) is 7.35. The molecule has 1 aromatic carbocycles. The fourth-order valence-electron chi connectivity index (χ4n) is 2.14. The molecule has 2 aromatic rings. The van der Waals surface area contributed by atoms with Crippen LogP contribution in [0.2, 0.25) is 0 Å². The number of methoxy groups -OCH3 is 2. The molecule has 0 aliphatic carbocycles. The van der Waals surface area contributed by atoms with Gasteiger partial charge in [-0.05, 0) is 29.7 Å². The normalized spacial score (nSPS) is 10.0. The number of pyridine rings is 1. The summed E-state index contributed by atoms with van der Waals surface area (Å²) in [5.41, 5.74) is 1.99. The van der Waals surface area contributed by atoms with Gasteiger partial charge in [0.05, 0.1) is 14.2 Å². The van der Waals surface area contributed by atoms with Gasteiger partial charge in [-0.2, -0.15) is 0 Å². The van der Waals surface area contributed by atoms with Crippen LogP contribution in [0.25, 0.3) is 0 Å². The molecular formula is C17H21N3O3. The molecule has 2 N–H and O–H groups in total. The molecule has 1 heterocycles. The fraction of sp³-hybridized carbons (Fsp3) is 0.294. The Morgan fingerprint density at radius 1 is 1.13 bits per heavy atom. The molecule has 0 spiro atoms. The van der Waals surface area contributed by atoms with Crippen molar-refractivity contribution >= 4 is 6.03 Å². The summed E-state index contributed by atoms with van der Waals surface area (Å²) in [5.74, 6) is 1.36. The van der Waals surface area contributed by atoms with Gasteiger partial charge in [0.2, 0.25) is 5.88 Å². The SMILES string of the molecule is COc1cc(CNC(=O)NCCc2ccccc2OC)ccn1. The second-order valence-electron chi connectivity index (χ2n) is 4.88. The van der Waals surface area contributed by atoms with Gasteiger partial charge in [-0.15, -0.1) is 0 Å².